The van der Waals surface area contributed by atoms with Crippen LogP contribution in [0.15, 0.2) is 29.4 Å². The van der Waals surface area contributed by atoms with Crippen molar-refractivity contribution in [2.24, 2.45) is 10.9 Å². The zero-order chi connectivity index (χ0) is 13.4. The van der Waals surface area contributed by atoms with Crippen LogP contribution in [0.5, 0.6) is 0 Å². The van der Waals surface area contributed by atoms with Gasteiger partial charge in [0.15, 0.2) is 5.84 Å². The monoisotopic (exact) mass is 249 g/mol. The zero-order valence-corrected chi connectivity index (χ0v) is 11.3. The van der Waals surface area contributed by atoms with Gasteiger partial charge in [-0.05, 0) is 37.6 Å². The van der Waals surface area contributed by atoms with Crippen LogP contribution in [0.25, 0.3) is 0 Å². The van der Waals surface area contributed by atoms with E-state index < -0.39 is 0 Å². The number of nitrogens with zero attached hydrogens (tertiary/aromatic N) is 2. The molecular weight excluding hydrogens is 226 g/mol. The third kappa shape index (κ3) is 4.37. The van der Waals surface area contributed by atoms with E-state index in [1.165, 1.54) is 5.56 Å². The van der Waals surface area contributed by atoms with Crippen LogP contribution in [0.4, 0.5) is 0 Å². The van der Waals surface area contributed by atoms with E-state index in [1.54, 1.807) is 0 Å². The number of nitrogens with two attached hydrogens (primary N) is 1. The molecule has 0 unspecified atom stereocenters. The molecule has 0 radical (unpaired) electrons. The molecule has 0 atom stereocenters. The smallest absolute Gasteiger partial charge is 0.170 e. The van der Waals surface area contributed by atoms with E-state index in [1.807, 2.05) is 18.2 Å². The van der Waals surface area contributed by atoms with Gasteiger partial charge in [-0.1, -0.05) is 37.2 Å². The number of amidine groups is 1. The first-order valence-electron chi connectivity index (χ1n) is 6.50. The van der Waals surface area contributed by atoms with E-state index in [0.29, 0.717) is 0 Å². The largest absolute Gasteiger partial charge is 0.409 e. The summed E-state index contributed by atoms with van der Waals surface area (Å²) in [5.74, 6) is 0.161. The lowest BCUT2D eigenvalue weighted by molar-refractivity contribution is 0.266. The number of hydrogen-bond donors (Lipinski definition) is 2. The Labute approximate surface area is 109 Å². The van der Waals surface area contributed by atoms with Crippen LogP contribution < -0.4 is 5.73 Å². The highest BCUT2D eigenvalue weighted by molar-refractivity contribution is 5.97. The minimum Gasteiger partial charge on any atom is -0.409 e. The second-order valence-electron chi connectivity index (χ2n) is 4.46. The molecule has 0 fully saturated rings. The van der Waals surface area contributed by atoms with Crippen LogP contribution in [0.3, 0.4) is 0 Å². The van der Waals surface area contributed by atoms with Gasteiger partial charge in [0.05, 0.1) is 0 Å². The van der Waals surface area contributed by atoms with Crippen molar-refractivity contribution in [1.82, 2.24) is 4.90 Å². The molecule has 0 heterocycles. The van der Waals surface area contributed by atoms with Gasteiger partial charge in [0.2, 0.25) is 0 Å². The highest BCUT2D eigenvalue weighted by atomic mass is 16.4. The average Bonchev–Trinajstić information content (AvgIpc) is 2.39. The van der Waals surface area contributed by atoms with Crippen LogP contribution in [-0.2, 0) is 6.54 Å². The molecule has 0 aromatic heterocycles. The molecule has 100 valence electrons. The first kappa shape index (κ1) is 14.5. The summed E-state index contributed by atoms with van der Waals surface area (Å²) in [5.41, 5.74) is 7.56. The van der Waals surface area contributed by atoms with Crippen molar-refractivity contribution in [1.29, 1.82) is 0 Å². The van der Waals surface area contributed by atoms with Crippen molar-refractivity contribution in [3.8, 4) is 0 Å². The normalized spacial score (nSPS) is 12.1. The number of oxime groups is 1. The Hall–Kier alpha value is -1.55. The molecule has 4 heteroatoms. The van der Waals surface area contributed by atoms with E-state index in [0.717, 1.165) is 38.0 Å². The van der Waals surface area contributed by atoms with Gasteiger partial charge >= 0.3 is 0 Å². The second-order valence-corrected chi connectivity index (χ2v) is 4.46. The van der Waals surface area contributed by atoms with E-state index >= 15 is 0 Å². The van der Waals surface area contributed by atoms with Crippen molar-refractivity contribution in [2.45, 2.75) is 33.2 Å². The fourth-order valence-electron chi connectivity index (χ4n) is 2.05. The van der Waals surface area contributed by atoms with Gasteiger partial charge in [-0.2, -0.15) is 0 Å². The molecule has 0 amide bonds. The Morgan fingerprint density at radius 3 is 2.50 bits per heavy atom. The molecule has 1 aromatic carbocycles. The minimum atomic E-state index is 0.161. The Kier molecular flexibility index (Phi) is 6.22. The first-order valence-corrected chi connectivity index (χ1v) is 6.50. The number of rotatable bonds is 7. The molecule has 4 nitrogen and oxygen atoms in total. The van der Waals surface area contributed by atoms with Crippen molar-refractivity contribution < 1.29 is 5.21 Å². The van der Waals surface area contributed by atoms with Crippen LogP contribution in [0.1, 0.15) is 37.8 Å². The summed E-state index contributed by atoms with van der Waals surface area (Å²) in [6.07, 6.45) is 2.31. The predicted octanol–water partition coefficient (Wildman–Crippen LogP) is 2.40. The van der Waals surface area contributed by atoms with E-state index in [9.17, 15) is 0 Å². The lowest BCUT2D eigenvalue weighted by atomic mass is 10.1. The Morgan fingerprint density at radius 2 is 1.94 bits per heavy atom. The summed E-state index contributed by atoms with van der Waals surface area (Å²) in [4.78, 5) is 2.42. The SMILES string of the molecule is CCCN(CCC)Cc1cccc(/C(N)=N/O)c1. The predicted molar refractivity (Wildman–Crippen MR) is 74.8 cm³/mol. The fraction of sp³-hybridized carbons (Fsp3) is 0.500. The summed E-state index contributed by atoms with van der Waals surface area (Å²) in [6, 6.07) is 7.85. The molecule has 0 bridgehead atoms. The van der Waals surface area contributed by atoms with E-state index in [2.05, 4.69) is 30.0 Å². The molecule has 1 aromatic rings. The van der Waals surface area contributed by atoms with Gasteiger partial charge in [-0.15, -0.1) is 0 Å². The maximum atomic E-state index is 8.68. The topological polar surface area (TPSA) is 61.8 Å². The molecular formula is C14H23N3O. The lowest BCUT2D eigenvalue weighted by Crippen LogP contribution is -2.25. The van der Waals surface area contributed by atoms with Gasteiger partial charge in [0.25, 0.3) is 0 Å². The van der Waals surface area contributed by atoms with Gasteiger partial charge in [0, 0.05) is 12.1 Å². The van der Waals surface area contributed by atoms with Crippen LogP contribution in [0.2, 0.25) is 0 Å². The zero-order valence-electron chi connectivity index (χ0n) is 11.3. The Balaban J connectivity index is 2.76. The standard InChI is InChI=1S/C14H23N3O/c1-3-8-17(9-4-2)11-12-6-5-7-13(10-12)14(15)16-18/h5-7,10,18H,3-4,8-9,11H2,1-2H3,(H2,15,16). The summed E-state index contributed by atoms with van der Waals surface area (Å²) < 4.78 is 0. The quantitative estimate of drug-likeness (QED) is 0.337. The number of benzene rings is 1. The Morgan fingerprint density at radius 1 is 1.28 bits per heavy atom. The van der Waals surface area contributed by atoms with Crippen molar-refractivity contribution >= 4 is 5.84 Å². The summed E-state index contributed by atoms with van der Waals surface area (Å²) in [7, 11) is 0. The van der Waals surface area contributed by atoms with E-state index in [-0.39, 0.29) is 5.84 Å². The fourth-order valence-corrected chi connectivity index (χ4v) is 2.05. The van der Waals surface area contributed by atoms with Crippen molar-refractivity contribution in [3.05, 3.63) is 35.4 Å². The third-order valence-electron chi connectivity index (χ3n) is 2.82. The maximum Gasteiger partial charge on any atom is 0.170 e. The summed E-state index contributed by atoms with van der Waals surface area (Å²) in [6.45, 7) is 7.49. The highest BCUT2D eigenvalue weighted by Gasteiger charge is 2.05. The van der Waals surface area contributed by atoms with Crippen LogP contribution >= 0.6 is 0 Å². The summed E-state index contributed by atoms with van der Waals surface area (Å²) in [5, 5.41) is 11.7. The average molecular weight is 249 g/mol. The third-order valence-corrected chi connectivity index (χ3v) is 2.82. The molecule has 1 rings (SSSR count). The molecule has 0 aliphatic rings. The Bertz CT molecular complexity index is 384. The number of hydrogen-bond acceptors (Lipinski definition) is 3. The lowest BCUT2D eigenvalue weighted by Gasteiger charge is -2.21. The minimum absolute atomic E-state index is 0.161. The van der Waals surface area contributed by atoms with Gasteiger partial charge in [-0.3, -0.25) is 4.90 Å². The van der Waals surface area contributed by atoms with Crippen LogP contribution in [0, 0.1) is 0 Å². The molecule has 0 aliphatic heterocycles. The molecule has 0 spiro atoms. The van der Waals surface area contributed by atoms with Gasteiger partial charge < -0.3 is 10.9 Å². The molecule has 0 saturated heterocycles. The summed E-state index contributed by atoms with van der Waals surface area (Å²) >= 11 is 0. The molecule has 18 heavy (non-hydrogen) atoms. The van der Waals surface area contributed by atoms with Crippen LogP contribution in [-0.4, -0.2) is 29.0 Å². The molecule has 3 N–H and O–H groups in total. The molecule has 0 aliphatic carbocycles. The highest BCUT2D eigenvalue weighted by Crippen LogP contribution is 2.09. The van der Waals surface area contributed by atoms with Gasteiger partial charge in [0.1, 0.15) is 0 Å². The van der Waals surface area contributed by atoms with Crippen molar-refractivity contribution in [2.75, 3.05) is 13.1 Å². The maximum absolute atomic E-state index is 8.68. The van der Waals surface area contributed by atoms with Gasteiger partial charge in [-0.25, -0.2) is 0 Å². The van der Waals surface area contributed by atoms with Crippen molar-refractivity contribution in [3.63, 3.8) is 0 Å². The second kappa shape index (κ2) is 7.71. The van der Waals surface area contributed by atoms with E-state index in [4.69, 9.17) is 10.9 Å². The first-order chi connectivity index (χ1) is 8.71. The molecule has 0 saturated carbocycles.